The number of amides is 1. The van der Waals surface area contributed by atoms with Crippen LogP contribution in [0.5, 0.6) is 0 Å². The molecule has 7 nitrogen and oxygen atoms in total. The number of hydrogen-bond acceptors (Lipinski definition) is 5. The van der Waals surface area contributed by atoms with Gasteiger partial charge in [-0.3, -0.25) is 9.69 Å². The Morgan fingerprint density at radius 3 is 2.31 bits per heavy atom. The number of pyridine rings is 1. The van der Waals surface area contributed by atoms with Crippen molar-refractivity contribution >= 4 is 11.7 Å². The van der Waals surface area contributed by atoms with Crippen LogP contribution in [-0.2, 0) is 6.18 Å². The molecule has 1 amide bonds. The molecule has 10 heteroatoms. The normalized spacial score (nSPS) is 14.9. The summed E-state index contributed by atoms with van der Waals surface area (Å²) in [6, 6.07) is 9.36. The van der Waals surface area contributed by atoms with Gasteiger partial charge in [-0.1, -0.05) is 0 Å². The predicted octanol–water partition coefficient (Wildman–Crippen LogP) is 2.53. The smallest absolute Gasteiger partial charge is 0.419 e. The first kappa shape index (κ1) is 18.9. The summed E-state index contributed by atoms with van der Waals surface area (Å²) in [6.07, 6.45) is -2.18. The predicted molar refractivity (Wildman–Crippen MR) is 95.9 cm³/mol. The summed E-state index contributed by atoms with van der Waals surface area (Å²) >= 11 is 0. The minimum absolute atomic E-state index is 0.0990. The maximum absolute atomic E-state index is 12.7. The van der Waals surface area contributed by atoms with Crippen molar-refractivity contribution in [2.45, 2.75) is 6.18 Å². The molecule has 29 heavy (non-hydrogen) atoms. The van der Waals surface area contributed by atoms with Crippen LogP contribution in [0, 0.1) is 0 Å². The van der Waals surface area contributed by atoms with E-state index in [0.717, 1.165) is 17.8 Å². The van der Waals surface area contributed by atoms with Gasteiger partial charge in [-0.05, 0) is 30.3 Å². The van der Waals surface area contributed by atoms with Crippen LogP contribution in [0.15, 0.2) is 53.4 Å². The Hall–Kier alpha value is -3.43. The molecule has 1 saturated heterocycles. The van der Waals surface area contributed by atoms with E-state index in [1.165, 1.54) is 12.5 Å². The summed E-state index contributed by atoms with van der Waals surface area (Å²) < 4.78 is 43.2. The fourth-order valence-electron chi connectivity index (χ4n) is 3.18. The number of piperazine rings is 1. The first-order valence-corrected chi connectivity index (χ1v) is 8.91. The van der Waals surface area contributed by atoms with E-state index in [-0.39, 0.29) is 5.91 Å². The summed E-state index contributed by atoms with van der Waals surface area (Å²) in [4.78, 5) is 19.1. The number of rotatable bonds is 3. The Labute approximate surface area is 163 Å². The van der Waals surface area contributed by atoms with Crippen molar-refractivity contribution in [2.24, 2.45) is 0 Å². The zero-order valence-electron chi connectivity index (χ0n) is 15.2. The summed E-state index contributed by atoms with van der Waals surface area (Å²) in [6.45, 7) is 1.99. The van der Waals surface area contributed by atoms with Gasteiger partial charge in [-0.15, -0.1) is 10.2 Å². The van der Waals surface area contributed by atoms with Gasteiger partial charge < -0.3 is 9.32 Å². The van der Waals surface area contributed by atoms with E-state index in [4.69, 9.17) is 4.42 Å². The molecular formula is C19H17F3N5O2+. The molecular weight excluding hydrogens is 387 g/mol. The molecule has 1 aliphatic rings. The number of halogens is 3. The van der Waals surface area contributed by atoms with Crippen LogP contribution in [0.3, 0.4) is 0 Å². The maximum Gasteiger partial charge on any atom is 0.419 e. The van der Waals surface area contributed by atoms with Gasteiger partial charge in [-0.25, -0.2) is 4.98 Å². The van der Waals surface area contributed by atoms with Crippen LogP contribution in [0.4, 0.5) is 19.0 Å². The number of alkyl halides is 3. The fraction of sp³-hybridized carbons (Fsp3) is 0.263. The van der Waals surface area contributed by atoms with Crippen molar-refractivity contribution in [1.29, 1.82) is 0 Å². The number of nitrogens with one attached hydrogen (secondary N) is 1. The summed E-state index contributed by atoms with van der Waals surface area (Å²) in [5, 5.41) is 7.45. The molecule has 0 saturated carbocycles. The van der Waals surface area contributed by atoms with Crippen molar-refractivity contribution in [3.63, 3.8) is 0 Å². The van der Waals surface area contributed by atoms with E-state index in [0.29, 0.717) is 43.5 Å². The average Bonchev–Trinajstić information content (AvgIpc) is 3.28. The Kier molecular flexibility index (Phi) is 4.91. The SMILES string of the molecule is O=C(c1ccc(-c2nnco2)cc1)N1CCN(c2ccc(C(F)(F)F)c[nH+]2)CC1. The van der Waals surface area contributed by atoms with E-state index in [1.807, 2.05) is 4.90 Å². The van der Waals surface area contributed by atoms with Gasteiger partial charge in [0.1, 0.15) is 19.3 Å². The molecule has 1 fully saturated rings. The van der Waals surface area contributed by atoms with Crippen LogP contribution in [0.1, 0.15) is 15.9 Å². The largest absolute Gasteiger partial charge is 0.423 e. The number of H-pyrrole nitrogens is 1. The van der Waals surface area contributed by atoms with Crippen LogP contribution in [-0.4, -0.2) is 47.2 Å². The highest BCUT2D eigenvalue weighted by Crippen LogP contribution is 2.28. The van der Waals surface area contributed by atoms with Crippen LogP contribution in [0.2, 0.25) is 0 Å². The number of aromatic amines is 1. The van der Waals surface area contributed by atoms with Gasteiger partial charge in [0.15, 0.2) is 0 Å². The van der Waals surface area contributed by atoms with Crippen molar-refractivity contribution in [3.05, 3.63) is 60.1 Å². The Balaban J connectivity index is 1.37. The molecule has 2 aromatic heterocycles. The van der Waals surface area contributed by atoms with Gasteiger partial charge in [0.25, 0.3) is 11.7 Å². The molecule has 150 valence electrons. The highest BCUT2D eigenvalue weighted by Gasteiger charge is 2.33. The molecule has 1 aromatic carbocycles. The molecule has 1 N–H and O–H groups in total. The standard InChI is InChI=1S/C19H16F3N5O2/c20-19(21,22)15-5-6-16(23-11-15)26-7-9-27(10-8-26)18(28)14-3-1-13(2-4-14)17-25-24-12-29-17/h1-6,11-12H,7-10H2/p+1. The molecule has 3 aromatic rings. The van der Waals surface area contributed by atoms with Gasteiger partial charge in [0.05, 0.1) is 18.7 Å². The lowest BCUT2D eigenvalue weighted by Crippen LogP contribution is -2.50. The van der Waals surface area contributed by atoms with Gasteiger partial charge >= 0.3 is 6.18 Å². The van der Waals surface area contributed by atoms with Gasteiger partial charge in [0.2, 0.25) is 12.3 Å². The third-order valence-electron chi connectivity index (χ3n) is 4.77. The van der Waals surface area contributed by atoms with Crippen molar-refractivity contribution in [2.75, 3.05) is 31.1 Å². The first-order chi connectivity index (χ1) is 13.9. The number of benzene rings is 1. The number of hydrogen-bond donors (Lipinski definition) is 0. The van der Waals surface area contributed by atoms with Gasteiger partial charge in [0, 0.05) is 17.2 Å². The van der Waals surface area contributed by atoms with E-state index >= 15 is 0 Å². The van der Waals surface area contributed by atoms with E-state index < -0.39 is 11.7 Å². The third kappa shape index (κ3) is 4.05. The van der Waals surface area contributed by atoms with E-state index in [9.17, 15) is 18.0 Å². The lowest BCUT2D eigenvalue weighted by atomic mass is 10.1. The highest BCUT2D eigenvalue weighted by atomic mass is 19.4. The molecule has 1 aliphatic heterocycles. The van der Waals surface area contributed by atoms with Gasteiger partial charge in [-0.2, -0.15) is 13.2 Å². The number of aromatic nitrogens is 3. The lowest BCUT2D eigenvalue weighted by Gasteiger charge is -2.31. The van der Waals surface area contributed by atoms with Crippen LogP contribution in [0.25, 0.3) is 11.5 Å². The molecule has 0 aliphatic carbocycles. The van der Waals surface area contributed by atoms with Crippen LogP contribution >= 0.6 is 0 Å². The van der Waals surface area contributed by atoms with Crippen molar-refractivity contribution < 1.29 is 27.4 Å². The second-order valence-electron chi connectivity index (χ2n) is 6.56. The fourth-order valence-corrected chi connectivity index (χ4v) is 3.18. The van der Waals surface area contributed by atoms with Crippen molar-refractivity contribution in [3.8, 4) is 11.5 Å². The van der Waals surface area contributed by atoms with E-state index in [1.54, 1.807) is 29.2 Å². The molecule has 0 spiro atoms. The van der Waals surface area contributed by atoms with Crippen molar-refractivity contribution in [1.82, 2.24) is 15.1 Å². The molecule has 0 radical (unpaired) electrons. The zero-order valence-corrected chi connectivity index (χ0v) is 15.2. The second kappa shape index (κ2) is 7.53. The molecule has 0 unspecified atom stereocenters. The zero-order chi connectivity index (χ0) is 20.4. The Bertz CT molecular complexity index is 965. The quantitative estimate of drug-likeness (QED) is 0.671. The Morgan fingerprint density at radius 1 is 1.03 bits per heavy atom. The average molecular weight is 404 g/mol. The van der Waals surface area contributed by atoms with E-state index in [2.05, 4.69) is 15.2 Å². The minimum Gasteiger partial charge on any atom is -0.423 e. The third-order valence-corrected chi connectivity index (χ3v) is 4.77. The number of nitrogens with zero attached hydrogens (tertiary/aromatic N) is 4. The monoisotopic (exact) mass is 404 g/mol. The number of anilines is 1. The minimum atomic E-state index is -4.38. The topological polar surface area (TPSA) is 76.6 Å². The highest BCUT2D eigenvalue weighted by molar-refractivity contribution is 5.94. The maximum atomic E-state index is 12.7. The molecule has 0 bridgehead atoms. The molecule has 4 rings (SSSR count). The molecule has 0 atom stereocenters. The summed E-state index contributed by atoms with van der Waals surface area (Å²) in [5.74, 6) is 0.873. The molecule has 3 heterocycles. The first-order valence-electron chi connectivity index (χ1n) is 8.91. The Morgan fingerprint density at radius 2 is 1.76 bits per heavy atom. The second-order valence-corrected chi connectivity index (χ2v) is 6.56. The lowest BCUT2D eigenvalue weighted by molar-refractivity contribution is -0.367. The number of carbonyl (C=O) groups is 1. The summed E-state index contributed by atoms with van der Waals surface area (Å²) in [5.41, 5.74) is 0.545. The summed E-state index contributed by atoms with van der Waals surface area (Å²) in [7, 11) is 0. The van der Waals surface area contributed by atoms with Crippen LogP contribution < -0.4 is 9.88 Å². The number of carbonyl (C=O) groups excluding carboxylic acids is 1.